The SMILES string of the molecule is CCNC(=NCc1ncc(C)s1)NC(C)c1ccccc1Cl.I. The van der Waals surface area contributed by atoms with E-state index >= 15 is 0 Å². The molecule has 0 aliphatic carbocycles. The highest BCUT2D eigenvalue weighted by molar-refractivity contribution is 14.0. The van der Waals surface area contributed by atoms with Gasteiger partial charge in [-0.05, 0) is 32.4 Å². The third-order valence-electron chi connectivity index (χ3n) is 3.11. The average Bonchev–Trinajstić information content (AvgIpc) is 2.91. The number of aryl methyl sites for hydroxylation is 1. The van der Waals surface area contributed by atoms with Crippen molar-refractivity contribution in [1.29, 1.82) is 0 Å². The van der Waals surface area contributed by atoms with Gasteiger partial charge in [-0.25, -0.2) is 9.98 Å². The molecule has 1 atom stereocenters. The highest BCUT2D eigenvalue weighted by atomic mass is 127. The molecule has 0 bridgehead atoms. The van der Waals surface area contributed by atoms with Crippen molar-refractivity contribution in [3.8, 4) is 0 Å². The Bertz CT molecular complexity index is 645. The zero-order chi connectivity index (χ0) is 15.9. The van der Waals surface area contributed by atoms with Gasteiger partial charge in [0.15, 0.2) is 5.96 Å². The lowest BCUT2D eigenvalue weighted by Crippen LogP contribution is -2.38. The Balaban J connectivity index is 0.00000264. The predicted octanol–water partition coefficient (Wildman–Crippen LogP) is 4.54. The molecule has 0 amide bonds. The van der Waals surface area contributed by atoms with Gasteiger partial charge >= 0.3 is 0 Å². The van der Waals surface area contributed by atoms with Crippen LogP contribution in [0, 0.1) is 6.92 Å². The molecule has 0 saturated heterocycles. The number of aliphatic imine (C=N–C) groups is 1. The minimum Gasteiger partial charge on any atom is -0.357 e. The maximum Gasteiger partial charge on any atom is 0.192 e. The van der Waals surface area contributed by atoms with E-state index < -0.39 is 0 Å². The smallest absolute Gasteiger partial charge is 0.192 e. The van der Waals surface area contributed by atoms with Crippen LogP contribution in [-0.4, -0.2) is 17.5 Å². The van der Waals surface area contributed by atoms with Crippen molar-refractivity contribution in [2.24, 2.45) is 4.99 Å². The maximum absolute atomic E-state index is 6.25. The molecule has 2 aromatic rings. The molecule has 4 nitrogen and oxygen atoms in total. The summed E-state index contributed by atoms with van der Waals surface area (Å²) in [6.07, 6.45) is 1.88. The van der Waals surface area contributed by atoms with Crippen molar-refractivity contribution >= 4 is 52.9 Å². The van der Waals surface area contributed by atoms with Crippen LogP contribution in [0.5, 0.6) is 0 Å². The van der Waals surface area contributed by atoms with Crippen LogP contribution in [0.15, 0.2) is 35.5 Å². The van der Waals surface area contributed by atoms with E-state index in [-0.39, 0.29) is 30.0 Å². The summed E-state index contributed by atoms with van der Waals surface area (Å²) in [5, 5.41) is 8.41. The van der Waals surface area contributed by atoms with Crippen molar-refractivity contribution in [1.82, 2.24) is 15.6 Å². The Kier molecular flexibility index (Phi) is 8.86. The van der Waals surface area contributed by atoms with Gasteiger partial charge in [0.1, 0.15) is 5.01 Å². The number of halogens is 2. The van der Waals surface area contributed by atoms with Crippen LogP contribution in [0.3, 0.4) is 0 Å². The van der Waals surface area contributed by atoms with E-state index in [9.17, 15) is 0 Å². The van der Waals surface area contributed by atoms with Crippen LogP contribution in [0.1, 0.15) is 35.3 Å². The number of thiazole rings is 1. The van der Waals surface area contributed by atoms with E-state index in [1.54, 1.807) is 11.3 Å². The van der Waals surface area contributed by atoms with Gasteiger partial charge in [-0.3, -0.25) is 0 Å². The molecule has 0 saturated carbocycles. The lowest BCUT2D eigenvalue weighted by Gasteiger charge is -2.19. The summed E-state index contributed by atoms with van der Waals surface area (Å²) in [5.74, 6) is 0.766. The summed E-state index contributed by atoms with van der Waals surface area (Å²) in [6.45, 7) is 7.54. The number of rotatable bonds is 5. The second kappa shape index (κ2) is 10.1. The van der Waals surface area contributed by atoms with Crippen molar-refractivity contribution in [3.05, 3.63) is 50.9 Å². The van der Waals surface area contributed by atoms with Gasteiger partial charge in [-0.1, -0.05) is 29.8 Å². The highest BCUT2D eigenvalue weighted by Crippen LogP contribution is 2.22. The molecule has 2 rings (SSSR count). The Hall–Kier alpha value is -0.860. The van der Waals surface area contributed by atoms with Crippen LogP contribution in [0.2, 0.25) is 5.02 Å². The molecule has 2 N–H and O–H groups in total. The number of hydrogen-bond donors (Lipinski definition) is 2. The number of hydrogen-bond acceptors (Lipinski definition) is 3. The van der Waals surface area contributed by atoms with E-state index in [0.29, 0.717) is 6.54 Å². The molecule has 0 aliphatic heterocycles. The third kappa shape index (κ3) is 6.27. The normalized spacial score (nSPS) is 12.4. The maximum atomic E-state index is 6.25. The van der Waals surface area contributed by atoms with Crippen LogP contribution in [0.25, 0.3) is 0 Å². The second-order valence-electron chi connectivity index (χ2n) is 4.95. The molecule has 0 spiro atoms. The first-order chi connectivity index (χ1) is 10.6. The Morgan fingerprint density at radius 1 is 1.39 bits per heavy atom. The number of nitrogens with one attached hydrogen (secondary N) is 2. The average molecular weight is 465 g/mol. The predicted molar refractivity (Wildman–Crippen MR) is 110 cm³/mol. The molecule has 0 aliphatic rings. The van der Waals surface area contributed by atoms with Gasteiger partial charge in [0.05, 0.1) is 12.6 Å². The van der Waals surface area contributed by atoms with Gasteiger partial charge in [0, 0.05) is 22.6 Å². The van der Waals surface area contributed by atoms with Crippen LogP contribution < -0.4 is 10.6 Å². The molecule has 0 radical (unpaired) electrons. The monoisotopic (exact) mass is 464 g/mol. The van der Waals surface area contributed by atoms with E-state index in [2.05, 4.69) is 27.5 Å². The largest absolute Gasteiger partial charge is 0.357 e. The fourth-order valence-electron chi connectivity index (χ4n) is 2.05. The minimum atomic E-state index is 0. The first-order valence-electron chi connectivity index (χ1n) is 7.30. The zero-order valence-corrected chi connectivity index (χ0v) is 17.4. The van der Waals surface area contributed by atoms with Gasteiger partial charge in [0.2, 0.25) is 0 Å². The van der Waals surface area contributed by atoms with Crippen LogP contribution in [-0.2, 0) is 6.54 Å². The molecule has 1 aromatic carbocycles. The first-order valence-corrected chi connectivity index (χ1v) is 8.50. The number of guanidine groups is 1. The molecule has 23 heavy (non-hydrogen) atoms. The summed E-state index contributed by atoms with van der Waals surface area (Å²) in [4.78, 5) is 10.1. The molecular weight excluding hydrogens is 443 g/mol. The molecule has 126 valence electrons. The van der Waals surface area contributed by atoms with Gasteiger partial charge in [0.25, 0.3) is 0 Å². The quantitative estimate of drug-likeness (QED) is 0.388. The lowest BCUT2D eigenvalue weighted by molar-refractivity contribution is 0.686. The number of aromatic nitrogens is 1. The Morgan fingerprint density at radius 2 is 2.13 bits per heavy atom. The molecule has 7 heteroatoms. The van der Waals surface area contributed by atoms with Crippen LogP contribution >= 0.6 is 46.9 Å². The van der Waals surface area contributed by atoms with Gasteiger partial charge in [-0.2, -0.15) is 0 Å². The van der Waals surface area contributed by atoms with Crippen molar-refractivity contribution in [2.75, 3.05) is 6.54 Å². The van der Waals surface area contributed by atoms with Crippen molar-refractivity contribution in [2.45, 2.75) is 33.4 Å². The van der Waals surface area contributed by atoms with Crippen molar-refractivity contribution in [3.63, 3.8) is 0 Å². The van der Waals surface area contributed by atoms with E-state index in [1.165, 1.54) is 4.88 Å². The van der Waals surface area contributed by atoms with Gasteiger partial charge in [-0.15, -0.1) is 35.3 Å². The van der Waals surface area contributed by atoms with Crippen LogP contribution in [0.4, 0.5) is 0 Å². The molecule has 1 aromatic heterocycles. The molecule has 1 unspecified atom stereocenters. The third-order valence-corrected chi connectivity index (χ3v) is 4.35. The van der Waals surface area contributed by atoms with E-state index in [4.69, 9.17) is 11.6 Å². The summed E-state index contributed by atoms with van der Waals surface area (Å²) in [5.41, 5.74) is 1.06. The topological polar surface area (TPSA) is 49.3 Å². The number of benzene rings is 1. The number of nitrogens with zero attached hydrogens (tertiary/aromatic N) is 2. The Morgan fingerprint density at radius 3 is 2.74 bits per heavy atom. The summed E-state index contributed by atoms with van der Waals surface area (Å²) in [6, 6.07) is 7.92. The fourth-order valence-corrected chi connectivity index (χ4v) is 3.06. The highest BCUT2D eigenvalue weighted by Gasteiger charge is 2.10. The minimum absolute atomic E-state index is 0. The lowest BCUT2D eigenvalue weighted by atomic mass is 10.1. The van der Waals surface area contributed by atoms with Gasteiger partial charge < -0.3 is 10.6 Å². The van der Waals surface area contributed by atoms with E-state index in [0.717, 1.165) is 28.1 Å². The standard InChI is InChI=1S/C16H21ClN4S.HI/c1-4-18-16(20-10-15-19-9-11(2)22-15)21-12(3)13-7-5-6-8-14(13)17;/h5-9,12H,4,10H2,1-3H3,(H2,18,20,21);1H. The fraction of sp³-hybridized carbons (Fsp3) is 0.375. The van der Waals surface area contributed by atoms with Crippen molar-refractivity contribution < 1.29 is 0 Å². The van der Waals surface area contributed by atoms with E-state index in [1.807, 2.05) is 44.3 Å². The summed E-state index contributed by atoms with van der Waals surface area (Å²) < 4.78 is 0. The second-order valence-corrected chi connectivity index (χ2v) is 6.67. The first kappa shape index (κ1) is 20.2. The molecule has 1 heterocycles. The zero-order valence-electron chi connectivity index (χ0n) is 13.5. The summed E-state index contributed by atoms with van der Waals surface area (Å²) in [7, 11) is 0. The Labute approximate surface area is 163 Å². The molecule has 0 fully saturated rings. The molecular formula is C16H22ClIN4S. The summed E-state index contributed by atoms with van der Waals surface area (Å²) >= 11 is 7.92.